The zero-order chi connectivity index (χ0) is 16.6. The SMILES string of the molecule is C=C(OO)N(CC(C)N(CC(=O)O)CC(=O)O)C(=C)OO. The molecule has 1 atom stereocenters. The van der Waals surface area contributed by atoms with Gasteiger partial charge >= 0.3 is 11.9 Å². The van der Waals surface area contributed by atoms with Crippen LogP contribution in [0.3, 0.4) is 0 Å². The highest BCUT2D eigenvalue weighted by Gasteiger charge is 2.25. The Bertz CT molecular complexity index is 379. The molecule has 0 radical (unpaired) electrons. The number of nitrogens with zero attached hydrogens (tertiary/aromatic N) is 2. The van der Waals surface area contributed by atoms with Crippen molar-refractivity contribution in [3.63, 3.8) is 0 Å². The van der Waals surface area contributed by atoms with E-state index in [1.807, 2.05) is 0 Å². The van der Waals surface area contributed by atoms with Crippen LogP contribution in [0.15, 0.2) is 24.9 Å². The first-order chi connectivity index (χ1) is 9.72. The average Bonchev–Trinajstić information content (AvgIpc) is 2.41. The van der Waals surface area contributed by atoms with Gasteiger partial charge in [0, 0.05) is 12.6 Å². The molecule has 0 heterocycles. The number of rotatable bonds is 11. The van der Waals surface area contributed by atoms with Gasteiger partial charge < -0.3 is 20.0 Å². The normalized spacial score (nSPS) is 11.6. The van der Waals surface area contributed by atoms with Crippen molar-refractivity contribution >= 4 is 11.9 Å². The highest BCUT2D eigenvalue weighted by molar-refractivity contribution is 5.72. The number of carboxylic acids is 2. The fourth-order valence-electron chi connectivity index (χ4n) is 1.54. The minimum absolute atomic E-state index is 0.0979. The van der Waals surface area contributed by atoms with E-state index in [4.69, 9.17) is 20.7 Å². The monoisotopic (exact) mass is 306 g/mol. The van der Waals surface area contributed by atoms with Crippen LogP contribution < -0.4 is 0 Å². The summed E-state index contributed by atoms with van der Waals surface area (Å²) in [5.41, 5.74) is 0. The minimum Gasteiger partial charge on any atom is -0.480 e. The molecule has 0 bridgehead atoms. The molecule has 1 unspecified atom stereocenters. The third kappa shape index (κ3) is 6.61. The van der Waals surface area contributed by atoms with Gasteiger partial charge in [0.05, 0.1) is 13.1 Å². The fraction of sp³-hybridized carbons (Fsp3) is 0.455. The standard InChI is InChI=1S/C11H18N2O8/c1-7(12(5-10(14)15)6-11(16)17)4-13(8(2)20-18)9(3)21-19/h7,18-19H,2-6H2,1H3,(H,14,15)(H,16,17). The summed E-state index contributed by atoms with van der Waals surface area (Å²) < 4.78 is 0. The largest absolute Gasteiger partial charge is 0.480 e. The van der Waals surface area contributed by atoms with Gasteiger partial charge in [-0.15, -0.1) is 0 Å². The maximum atomic E-state index is 10.7. The van der Waals surface area contributed by atoms with Crippen LogP contribution in [0.1, 0.15) is 6.92 Å². The van der Waals surface area contributed by atoms with Crippen molar-refractivity contribution in [1.82, 2.24) is 9.80 Å². The van der Waals surface area contributed by atoms with Gasteiger partial charge in [-0.3, -0.25) is 19.4 Å². The summed E-state index contributed by atoms with van der Waals surface area (Å²) in [6.45, 7) is 7.07. The number of aliphatic carboxylic acids is 2. The zero-order valence-electron chi connectivity index (χ0n) is 11.4. The topological polar surface area (TPSA) is 140 Å². The van der Waals surface area contributed by atoms with Crippen LogP contribution in [-0.4, -0.2) is 68.1 Å². The van der Waals surface area contributed by atoms with Crippen LogP contribution in [0.5, 0.6) is 0 Å². The second-order valence-corrected chi connectivity index (χ2v) is 4.12. The lowest BCUT2D eigenvalue weighted by molar-refractivity contribution is -0.252. The second-order valence-electron chi connectivity index (χ2n) is 4.12. The minimum atomic E-state index is -1.20. The molecule has 0 aliphatic heterocycles. The Morgan fingerprint density at radius 2 is 1.43 bits per heavy atom. The lowest BCUT2D eigenvalue weighted by Gasteiger charge is -2.31. The Hall–Kier alpha value is -2.30. The summed E-state index contributed by atoms with van der Waals surface area (Å²) in [7, 11) is 0. The molecule has 0 aliphatic carbocycles. The van der Waals surface area contributed by atoms with E-state index in [1.54, 1.807) is 0 Å². The summed E-state index contributed by atoms with van der Waals surface area (Å²) in [4.78, 5) is 31.5. The van der Waals surface area contributed by atoms with Crippen molar-refractivity contribution in [1.29, 1.82) is 0 Å². The molecule has 0 rings (SSSR count). The molecular weight excluding hydrogens is 288 g/mol. The van der Waals surface area contributed by atoms with Gasteiger partial charge in [0.2, 0.25) is 11.8 Å². The van der Waals surface area contributed by atoms with Crippen LogP contribution in [0.4, 0.5) is 0 Å². The van der Waals surface area contributed by atoms with E-state index >= 15 is 0 Å². The Morgan fingerprint density at radius 3 is 1.71 bits per heavy atom. The van der Waals surface area contributed by atoms with Crippen molar-refractivity contribution in [3.05, 3.63) is 24.9 Å². The predicted molar refractivity (Wildman–Crippen MR) is 68.7 cm³/mol. The molecule has 4 N–H and O–H groups in total. The van der Waals surface area contributed by atoms with Crippen molar-refractivity contribution in [3.8, 4) is 0 Å². The third-order valence-electron chi connectivity index (χ3n) is 2.56. The quantitative estimate of drug-likeness (QED) is 0.235. The lowest BCUT2D eigenvalue weighted by atomic mass is 10.2. The Labute approximate surface area is 120 Å². The van der Waals surface area contributed by atoms with Crippen molar-refractivity contribution in [2.45, 2.75) is 13.0 Å². The fourth-order valence-corrected chi connectivity index (χ4v) is 1.54. The predicted octanol–water partition coefficient (Wildman–Crippen LogP) is 0.0697. The van der Waals surface area contributed by atoms with E-state index in [0.29, 0.717) is 0 Å². The lowest BCUT2D eigenvalue weighted by Crippen LogP contribution is -2.46. The Kier molecular flexibility index (Phi) is 7.83. The van der Waals surface area contributed by atoms with Crippen LogP contribution in [-0.2, 0) is 19.4 Å². The van der Waals surface area contributed by atoms with E-state index in [9.17, 15) is 9.59 Å². The molecule has 10 heteroatoms. The van der Waals surface area contributed by atoms with E-state index in [1.165, 1.54) is 6.92 Å². The van der Waals surface area contributed by atoms with Crippen LogP contribution in [0.25, 0.3) is 0 Å². The zero-order valence-corrected chi connectivity index (χ0v) is 11.4. The maximum Gasteiger partial charge on any atom is 0.317 e. The summed E-state index contributed by atoms with van der Waals surface area (Å²) in [5.74, 6) is -3.09. The van der Waals surface area contributed by atoms with Crippen LogP contribution in [0.2, 0.25) is 0 Å². The molecule has 0 spiro atoms. The molecule has 21 heavy (non-hydrogen) atoms. The number of hydrogen-bond donors (Lipinski definition) is 4. The smallest absolute Gasteiger partial charge is 0.317 e. The van der Waals surface area contributed by atoms with Crippen molar-refractivity contribution < 1.29 is 40.1 Å². The summed E-state index contributed by atoms with van der Waals surface area (Å²) in [6, 6.07) is -0.629. The molecule has 0 aromatic heterocycles. The van der Waals surface area contributed by atoms with Gasteiger partial charge in [-0.1, -0.05) is 0 Å². The molecule has 120 valence electrons. The summed E-state index contributed by atoms with van der Waals surface area (Å²) in [6.07, 6.45) is 0. The molecule has 0 saturated heterocycles. The van der Waals surface area contributed by atoms with Crippen molar-refractivity contribution in [2.75, 3.05) is 19.6 Å². The number of carbonyl (C=O) groups is 2. The van der Waals surface area contributed by atoms with E-state index in [0.717, 1.165) is 9.80 Å². The van der Waals surface area contributed by atoms with Gasteiger partial charge in [0.1, 0.15) is 0 Å². The molecule has 0 aromatic rings. The first kappa shape index (κ1) is 18.7. The highest BCUT2D eigenvalue weighted by atomic mass is 17.1. The Balaban J connectivity index is 5.00. The molecule has 0 fully saturated rings. The van der Waals surface area contributed by atoms with Gasteiger partial charge in [-0.05, 0) is 20.1 Å². The van der Waals surface area contributed by atoms with Crippen LogP contribution in [0, 0.1) is 0 Å². The molecule has 0 aromatic carbocycles. The second kappa shape index (κ2) is 8.79. The van der Waals surface area contributed by atoms with E-state index < -0.39 is 31.1 Å². The van der Waals surface area contributed by atoms with Gasteiger partial charge in [-0.25, -0.2) is 10.5 Å². The van der Waals surface area contributed by atoms with Gasteiger partial charge in [0.15, 0.2) is 0 Å². The number of hydrogen-bond acceptors (Lipinski definition) is 8. The average molecular weight is 306 g/mol. The summed E-state index contributed by atoms with van der Waals surface area (Å²) >= 11 is 0. The number of carboxylic acid groups (broad SMARTS) is 2. The van der Waals surface area contributed by atoms with Gasteiger partial charge in [-0.2, -0.15) is 0 Å². The van der Waals surface area contributed by atoms with Crippen molar-refractivity contribution in [2.24, 2.45) is 0 Å². The molecule has 0 saturated carbocycles. The van der Waals surface area contributed by atoms with Gasteiger partial charge in [0.25, 0.3) is 0 Å². The molecular formula is C11H18N2O8. The molecule has 0 aliphatic rings. The highest BCUT2D eigenvalue weighted by Crippen LogP contribution is 2.14. The van der Waals surface area contributed by atoms with Crippen LogP contribution >= 0.6 is 0 Å². The first-order valence-corrected chi connectivity index (χ1v) is 5.68. The first-order valence-electron chi connectivity index (χ1n) is 5.68. The third-order valence-corrected chi connectivity index (χ3v) is 2.56. The van der Waals surface area contributed by atoms with E-state index in [-0.39, 0.29) is 18.3 Å². The molecule has 10 nitrogen and oxygen atoms in total. The molecule has 0 amide bonds. The Morgan fingerprint density at radius 1 is 1.05 bits per heavy atom. The maximum absolute atomic E-state index is 10.7. The van der Waals surface area contributed by atoms with E-state index in [2.05, 4.69) is 22.9 Å². The summed E-state index contributed by atoms with van der Waals surface area (Å²) in [5, 5.41) is 34.7.